The molecule has 7 unspecified atom stereocenters. The van der Waals surface area contributed by atoms with E-state index in [1.54, 1.807) is 0 Å². The Morgan fingerprint density at radius 3 is 2.36 bits per heavy atom. The second-order valence-corrected chi connectivity index (χ2v) is 5.17. The molecule has 0 aliphatic carbocycles. The summed E-state index contributed by atoms with van der Waals surface area (Å²) in [5.41, 5.74) is -0.198. The third-order valence-corrected chi connectivity index (χ3v) is 4.32. The van der Waals surface area contributed by atoms with Gasteiger partial charge in [-0.1, -0.05) is 13.8 Å². The van der Waals surface area contributed by atoms with Crippen molar-refractivity contribution in [2.24, 2.45) is 11.8 Å². The number of rotatable bonds is 0. The molecule has 7 atom stereocenters. The van der Waals surface area contributed by atoms with Crippen molar-refractivity contribution >= 4 is 0 Å². The maximum Gasteiger partial charge on any atom is 0.156 e. The van der Waals surface area contributed by atoms with Crippen molar-refractivity contribution in [2.45, 2.75) is 57.9 Å². The first-order valence-corrected chi connectivity index (χ1v) is 5.53. The molecule has 3 saturated heterocycles. The van der Waals surface area contributed by atoms with E-state index in [9.17, 15) is 0 Å². The monoisotopic (exact) mass is 198 g/mol. The van der Waals surface area contributed by atoms with Crippen LogP contribution in [0, 0.1) is 11.8 Å². The van der Waals surface area contributed by atoms with E-state index < -0.39 is 0 Å². The van der Waals surface area contributed by atoms with Crippen LogP contribution < -0.4 is 0 Å². The van der Waals surface area contributed by atoms with Gasteiger partial charge in [0, 0.05) is 0 Å². The first-order valence-electron chi connectivity index (χ1n) is 5.53. The van der Waals surface area contributed by atoms with Gasteiger partial charge in [0.05, 0.1) is 12.2 Å². The van der Waals surface area contributed by atoms with E-state index in [2.05, 4.69) is 20.8 Å². The van der Waals surface area contributed by atoms with Gasteiger partial charge < -0.3 is 14.2 Å². The van der Waals surface area contributed by atoms with Crippen molar-refractivity contribution in [3.8, 4) is 0 Å². The Morgan fingerprint density at radius 1 is 0.929 bits per heavy atom. The molecular formula is C11H18O3. The van der Waals surface area contributed by atoms with E-state index in [1.807, 2.05) is 6.92 Å². The lowest BCUT2D eigenvalue weighted by Crippen LogP contribution is -2.52. The Balaban J connectivity index is 1.97. The summed E-state index contributed by atoms with van der Waals surface area (Å²) in [6.45, 7) is 8.61. The van der Waals surface area contributed by atoms with Crippen LogP contribution in [0.25, 0.3) is 0 Å². The van der Waals surface area contributed by atoms with Gasteiger partial charge in [0.15, 0.2) is 6.29 Å². The highest BCUT2D eigenvalue weighted by atomic mass is 16.8. The average molecular weight is 198 g/mol. The van der Waals surface area contributed by atoms with Gasteiger partial charge in [-0.2, -0.15) is 0 Å². The molecule has 0 spiro atoms. The van der Waals surface area contributed by atoms with E-state index >= 15 is 0 Å². The maximum atomic E-state index is 5.97. The van der Waals surface area contributed by atoms with E-state index in [0.29, 0.717) is 11.8 Å². The maximum absolute atomic E-state index is 5.97. The standard InChI is InChI=1S/C11H18O3/c1-5-6(2)9-11(4)10(8(5)13-9)12-7(3)14-11/h5-10H,1-4H3. The molecule has 3 heteroatoms. The summed E-state index contributed by atoms with van der Waals surface area (Å²) < 4.78 is 17.6. The molecule has 14 heavy (non-hydrogen) atoms. The summed E-state index contributed by atoms with van der Waals surface area (Å²) in [7, 11) is 0. The molecule has 80 valence electrons. The molecular weight excluding hydrogens is 180 g/mol. The Kier molecular flexibility index (Phi) is 1.64. The zero-order chi connectivity index (χ0) is 10.1. The van der Waals surface area contributed by atoms with Crippen molar-refractivity contribution in [2.75, 3.05) is 0 Å². The third-order valence-electron chi connectivity index (χ3n) is 4.32. The fourth-order valence-electron chi connectivity index (χ4n) is 3.42. The fraction of sp³-hybridized carbons (Fsp3) is 1.00. The van der Waals surface area contributed by atoms with Crippen LogP contribution in [0.1, 0.15) is 27.7 Å². The molecule has 2 bridgehead atoms. The molecule has 3 rings (SSSR count). The molecule has 0 amide bonds. The van der Waals surface area contributed by atoms with Gasteiger partial charge in [0.1, 0.15) is 11.7 Å². The largest absolute Gasteiger partial charge is 0.368 e. The van der Waals surface area contributed by atoms with E-state index in [0.717, 1.165) is 0 Å². The summed E-state index contributed by atoms with van der Waals surface area (Å²) in [5.74, 6) is 1.17. The van der Waals surface area contributed by atoms with Gasteiger partial charge in [0.25, 0.3) is 0 Å². The number of fused-ring (bicyclic) bond motifs is 5. The topological polar surface area (TPSA) is 27.7 Å². The SMILES string of the molecule is CC1OC2C3OC(C(C)C3C)C2(C)O1. The summed E-state index contributed by atoms with van der Waals surface area (Å²) in [6, 6.07) is 0. The highest BCUT2D eigenvalue weighted by molar-refractivity contribution is 5.14. The molecule has 3 fully saturated rings. The van der Waals surface area contributed by atoms with Crippen molar-refractivity contribution < 1.29 is 14.2 Å². The van der Waals surface area contributed by atoms with Gasteiger partial charge in [-0.25, -0.2) is 0 Å². The fourth-order valence-corrected chi connectivity index (χ4v) is 3.42. The third kappa shape index (κ3) is 0.841. The van der Waals surface area contributed by atoms with E-state index in [4.69, 9.17) is 14.2 Å². The van der Waals surface area contributed by atoms with Crippen LogP contribution in [0.3, 0.4) is 0 Å². The van der Waals surface area contributed by atoms with Crippen molar-refractivity contribution in [3.63, 3.8) is 0 Å². The van der Waals surface area contributed by atoms with Crippen LogP contribution in [0.2, 0.25) is 0 Å². The van der Waals surface area contributed by atoms with Gasteiger partial charge in [-0.15, -0.1) is 0 Å². The zero-order valence-corrected chi connectivity index (χ0v) is 9.19. The van der Waals surface area contributed by atoms with Crippen molar-refractivity contribution in [1.29, 1.82) is 0 Å². The summed E-state index contributed by atoms with van der Waals surface area (Å²) >= 11 is 0. The lowest BCUT2D eigenvalue weighted by Gasteiger charge is -2.36. The minimum absolute atomic E-state index is 0.0728. The molecule has 0 aromatic heterocycles. The van der Waals surface area contributed by atoms with Crippen LogP contribution in [0.5, 0.6) is 0 Å². The second-order valence-electron chi connectivity index (χ2n) is 5.17. The molecule has 0 saturated carbocycles. The minimum Gasteiger partial charge on any atom is -0.368 e. The van der Waals surface area contributed by atoms with Crippen molar-refractivity contribution in [1.82, 2.24) is 0 Å². The Hall–Kier alpha value is -0.120. The van der Waals surface area contributed by atoms with Gasteiger partial charge in [-0.05, 0) is 25.7 Å². The van der Waals surface area contributed by atoms with Crippen LogP contribution in [-0.2, 0) is 14.2 Å². The van der Waals surface area contributed by atoms with Gasteiger partial charge in [-0.3, -0.25) is 0 Å². The average Bonchev–Trinajstić information content (AvgIpc) is 2.62. The molecule has 0 radical (unpaired) electrons. The minimum atomic E-state index is -0.198. The number of ether oxygens (including phenoxy) is 3. The Bertz CT molecular complexity index is 263. The van der Waals surface area contributed by atoms with Crippen LogP contribution in [-0.4, -0.2) is 30.2 Å². The van der Waals surface area contributed by atoms with E-state index in [-0.39, 0.29) is 30.2 Å². The molecule has 0 N–H and O–H groups in total. The first-order chi connectivity index (χ1) is 6.54. The molecule has 0 aromatic carbocycles. The van der Waals surface area contributed by atoms with Crippen molar-refractivity contribution in [3.05, 3.63) is 0 Å². The lowest BCUT2D eigenvalue weighted by molar-refractivity contribution is -0.128. The smallest absolute Gasteiger partial charge is 0.156 e. The van der Waals surface area contributed by atoms with Gasteiger partial charge in [0.2, 0.25) is 0 Å². The normalized spacial score (nSPS) is 66.0. The molecule has 3 nitrogen and oxygen atoms in total. The first kappa shape index (κ1) is 9.13. The molecule has 0 aromatic rings. The zero-order valence-electron chi connectivity index (χ0n) is 9.19. The molecule has 3 aliphatic heterocycles. The van der Waals surface area contributed by atoms with Crippen LogP contribution in [0.15, 0.2) is 0 Å². The predicted octanol–water partition coefficient (Wildman–Crippen LogP) is 1.56. The van der Waals surface area contributed by atoms with Crippen LogP contribution >= 0.6 is 0 Å². The summed E-state index contributed by atoms with van der Waals surface area (Å²) in [6.07, 6.45) is 0.535. The van der Waals surface area contributed by atoms with Crippen LogP contribution in [0.4, 0.5) is 0 Å². The lowest BCUT2D eigenvalue weighted by atomic mass is 9.72. The number of hydrogen-bond acceptors (Lipinski definition) is 3. The molecule has 3 aliphatic rings. The number of hydrogen-bond donors (Lipinski definition) is 0. The summed E-state index contributed by atoms with van der Waals surface area (Å²) in [4.78, 5) is 0. The highest BCUT2D eigenvalue weighted by Gasteiger charge is 2.68. The Morgan fingerprint density at radius 2 is 1.64 bits per heavy atom. The second kappa shape index (κ2) is 2.52. The summed E-state index contributed by atoms with van der Waals surface area (Å²) in [5, 5.41) is 0. The highest BCUT2D eigenvalue weighted by Crippen LogP contribution is 2.54. The predicted molar refractivity (Wildman–Crippen MR) is 50.8 cm³/mol. The van der Waals surface area contributed by atoms with E-state index in [1.165, 1.54) is 0 Å². The molecule has 3 heterocycles. The Labute approximate surface area is 84.7 Å². The quantitative estimate of drug-likeness (QED) is 0.591. The van der Waals surface area contributed by atoms with Gasteiger partial charge >= 0.3 is 0 Å².